The third-order valence-electron chi connectivity index (χ3n) is 9.26. The molecule has 35 heavy (non-hydrogen) atoms. The van der Waals surface area contributed by atoms with Gasteiger partial charge in [0.05, 0.1) is 22.3 Å². The summed E-state index contributed by atoms with van der Waals surface area (Å²) in [6, 6.07) is 8.67. The number of fused-ring (bicyclic) bond motifs is 1. The van der Waals surface area contributed by atoms with E-state index in [1.807, 2.05) is 12.1 Å². The largest absolute Gasteiger partial charge is 0.358 e. The van der Waals surface area contributed by atoms with Crippen molar-refractivity contribution in [2.75, 3.05) is 45.3 Å². The number of nitrogens with zero attached hydrogens (tertiary/aromatic N) is 6. The van der Waals surface area contributed by atoms with E-state index >= 15 is 0 Å². The number of rotatable bonds is 4. The van der Waals surface area contributed by atoms with Crippen LogP contribution in [0.2, 0.25) is 5.02 Å². The van der Waals surface area contributed by atoms with E-state index in [2.05, 4.69) is 39.9 Å². The van der Waals surface area contributed by atoms with Crippen LogP contribution in [-0.4, -0.2) is 78.8 Å². The van der Waals surface area contributed by atoms with Crippen LogP contribution in [0.1, 0.15) is 44.1 Å². The van der Waals surface area contributed by atoms with Gasteiger partial charge < -0.3 is 14.7 Å². The van der Waals surface area contributed by atoms with Crippen molar-refractivity contribution in [1.29, 1.82) is 5.26 Å². The minimum Gasteiger partial charge on any atom is -0.358 e. The molecule has 2 unspecified atom stereocenters. The number of hydrazone groups is 1. The number of anilines is 1. The molecule has 1 amide bonds. The van der Waals surface area contributed by atoms with E-state index < -0.39 is 0 Å². The van der Waals surface area contributed by atoms with Crippen molar-refractivity contribution in [3.8, 4) is 6.07 Å². The van der Waals surface area contributed by atoms with Gasteiger partial charge in [-0.3, -0.25) is 9.80 Å². The first kappa shape index (κ1) is 23.1. The van der Waals surface area contributed by atoms with Gasteiger partial charge in [0.1, 0.15) is 11.9 Å². The van der Waals surface area contributed by atoms with E-state index in [1.165, 1.54) is 25.7 Å². The first-order valence-electron chi connectivity index (χ1n) is 13.2. The molecule has 5 atom stereocenters. The fourth-order valence-corrected chi connectivity index (χ4v) is 7.29. The molecule has 0 bridgehead atoms. The molecule has 2 saturated carbocycles. The molecule has 0 radical (unpaired) electrons. The average Bonchev–Trinajstić information content (AvgIpc) is 3.48. The molecule has 2 saturated heterocycles. The van der Waals surface area contributed by atoms with Crippen molar-refractivity contribution in [3.63, 3.8) is 0 Å². The number of hydrogen-bond acceptors (Lipinski definition) is 6. The number of amidine groups is 1. The van der Waals surface area contributed by atoms with Gasteiger partial charge in [0.15, 0.2) is 0 Å². The molecule has 0 N–H and O–H groups in total. The van der Waals surface area contributed by atoms with E-state index in [9.17, 15) is 10.1 Å². The Kier molecular flexibility index (Phi) is 5.93. The maximum atomic E-state index is 13.2. The SMILES string of the molecule is CN(C)[C@H]1CCN(C(=O)C2[C@H]3CN(C4=NN(c5ccc(C#N)c(Cl)c5)C(C5CCCC5)C4)C[C@@H]23)C1. The highest BCUT2D eigenvalue weighted by Gasteiger charge is 2.61. The second-order valence-corrected chi connectivity index (χ2v) is 11.8. The monoisotopic (exact) mass is 494 g/mol. The van der Waals surface area contributed by atoms with Gasteiger partial charge >= 0.3 is 0 Å². The second kappa shape index (κ2) is 8.97. The molecule has 186 valence electrons. The van der Waals surface area contributed by atoms with Crippen molar-refractivity contribution in [1.82, 2.24) is 14.7 Å². The molecule has 0 spiro atoms. The van der Waals surface area contributed by atoms with Gasteiger partial charge in [0.2, 0.25) is 5.91 Å². The fourth-order valence-electron chi connectivity index (χ4n) is 7.08. The summed E-state index contributed by atoms with van der Waals surface area (Å²) in [4.78, 5) is 20.0. The van der Waals surface area contributed by atoms with Crippen molar-refractivity contribution >= 4 is 29.0 Å². The van der Waals surface area contributed by atoms with Crippen LogP contribution in [0.3, 0.4) is 0 Å². The maximum Gasteiger partial charge on any atom is 0.226 e. The van der Waals surface area contributed by atoms with Crippen molar-refractivity contribution in [2.24, 2.45) is 28.8 Å². The van der Waals surface area contributed by atoms with Crippen LogP contribution >= 0.6 is 11.6 Å². The number of amides is 1. The van der Waals surface area contributed by atoms with Gasteiger partial charge in [-0.05, 0) is 69.3 Å². The molecule has 6 rings (SSSR count). The summed E-state index contributed by atoms with van der Waals surface area (Å²) < 4.78 is 0. The van der Waals surface area contributed by atoms with Gasteiger partial charge in [0.25, 0.3) is 0 Å². The number of likely N-dealkylation sites (N-methyl/N-ethyl adjacent to an activating group) is 1. The normalized spacial score (nSPS) is 32.4. The fraction of sp³-hybridized carbons (Fsp3) is 0.667. The topological polar surface area (TPSA) is 66.2 Å². The lowest BCUT2D eigenvalue weighted by Crippen LogP contribution is -2.38. The smallest absolute Gasteiger partial charge is 0.226 e. The number of piperidine rings is 1. The molecule has 5 aliphatic rings. The predicted molar refractivity (Wildman–Crippen MR) is 137 cm³/mol. The zero-order valence-electron chi connectivity index (χ0n) is 20.7. The molecule has 3 aliphatic heterocycles. The van der Waals surface area contributed by atoms with E-state index in [0.717, 1.165) is 50.5 Å². The highest BCUT2D eigenvalue weighted by molar-refractivity contribution is 6.32. The van der Waals surface area contributed by atoms with Crippen molar-refractivity contribution in [3.05, 3.63) is 28.8 Å². The third-order valence-corrected chi connectivity index (χ3v) is 9.57. The van der Waals surface area contributed by atoms with Crippen molar-refractivity contribution < 1.29 is 4.79 Å². The Morgan fingerprint density at radius 2 is 1.89 bits per heavy atom. The number of carbonyl (C=O) groups is 1. The Labute approximate surface area is 213 Å². The van der Waals surface area contributed by atoms with E-state index in [0.29, 0.717) is 46.3 Å². The zero-order chi connectivity index (χ0) is 24.3. The molecular formula is C27H35ClN6O. The summed E-state index contributed by atoms with van der Waals surface area (Å²) in [5.41, 5.74) is 1.48. The van der Waals surface area contributed by atoms with Gasteiger partial charge in [0, 0.05) is 44.6 Å². The van der Waals surface area contributed by atoms with Gasteiger partial charge in [-0.25, -0.2) is 0 Å². The molecule has 1 aromatic rings. The summed E-state index contributed by atoms with van der Waals surface area (Å²) >= 11 is 6.38. The third kappa shape index (κ3) is 4.09. The standard InChI is InChI=1S/C27H35ClN6O/c1-31(2)20-9-10-32(14-20)27(35)26-21-15-33(16-22(21)26)25-12-24(17-5-3-4-6-17)34(30-25)19-8-7-18(13-29)23(28)11-19/h7-8,11,17,20-22,24,26H,3-6,9-10,12,14-16H2,1-2H3/t20-,21-,22+,24?,26?/m0/s1. The quantitative estimate of drug-likeness (QED) is 0.639. The number of benzene rings is 1. The first-order chi connectivity index (χ1) is 16.9. The lowest BCUT2D eigenvalue weighted by molar-refractivity contribution is -0.132. The number of hydrogen-bond donors (Lipinski definition) is 0. The molecule has 4 fully saturated rings. The van der Waals surface area contributed by atoms with E-state index in [-0.39, 0.29) is 5.92 Å². The van der Waals surface area contributed by atoms with Crippen molar-refractivity contribution in [2.45, 2.75) is 50.6 Å². The Balaban J connectivity index is 1.14. The molecule has 2 aliphatic carbocycles. The van der Waals surface area contributed by atoms with E-state index in [4.69, 9.17) is 16.7 Å². The minimum absolute atomic E-state index is 0.216. The van der Waals surface area contributed by atoms with Gasteiger partial charge in [-0.1, -0.05) is 24.4 Å². The number of halogens is 1. The maximum absolute atomic E-state index is 13.2. The number of carbonyl (C=O) groups excluding carboxylic acids is 1. The summed E-state index contributed by atoms with van der Waals surface area (Å²) in [5, 5.41) is 17.1. The summed E-state index contributed by atoms with van der Waals surface area (Å²) in [7, 11) is 4.22. The lowest BCUT2D eigenvalue weighted by atomic mass is 9.94. The lowest BCUT2D eigenvalue weighted by Gasteiger charge is -2.28. The predicted octanol–water partition coefficient (Wildman–Crippen LogP) is 3.63. The van der Waals surface area contributed by atoms with E-state index in [1.54, 1.807) is 6.07 Å². The first-order valence-corrected chi connectivity index (χ1v) is 13.6. The molecular weight excluding hydrogens is 460 g/mol. The van der Waals surface area contributed by atoms with Crippen LogP contribution in [0.5, 0.6) is 0 Å². The van der Waals surface area contributed by atoms with Crippen LogP contribution in [0, 0.1) is 35.0 Å². The summed E-state index contributed by atoms with van der Waals surface area (Å²) in [5.74, 6) is 3.36. The molecule has 7 nitrogen and oxygen atoms in total. The van der Waals surface area contributed by atoms with Crippen LogP contribution in [0.4, 0.5) is 5.69 Å². The van der Waals surface area contributed by atoms with Gasteiger partial charge in [-0.2, -0.15) is 10.4 Å². The molecule has 0 aromatic heterocycles. The minimum atomic E-state index is 0.216. The average molecular weight is 495 g/mol. The van der Waals surface area contributed by atoms with Gasteiger partial charge in [-0.15, -0.1) is 0 Å². The molecule has 3 heterocycles. The molecule has 8 heteroatoms. The Morgan fingerprint density at radius 3 is 2.51 bits per heavy atom. The Morgan fingerprint density at radius 1 is 1.14 bits per heavy atom. The zero-order valence-corrected chi connectivity index (χ0v) is 21.5. The van der Waals surface area contributed by atoms with Crippen LogP contribution in [-0.2, 0) is 4.79 Å². The highest BCUT2D eigenvalue weighted by Crippen LogP contribution is 2.53. The van der Waals surface area contributed by atoms with Crippen LogP contribution in [0.25, 0.3) is 0 Å². The Bertz CT molecular complexity index is 1060. The number of likely N-dealkylation sites (tertiary alicyclic amines) is 2. The highest BCUT2D eigenvalue weighted by atomic mass is 35.5. The van der Waals surface area contributed by atoms with Crippen LogP contribution < -0.4 is 5.01 Å². The second-order valence-electron chi connectivity index (χ2n) is 11.4. The summed E-state index contributed by atoms with van der Waals surface area (Å²) in [6.45, 7) is 3.68. The van der Waals surface area contributed by atoms with Crippen LogP contribution in [0.15, 0.2) is 23.3 Å². The summed E-state index contributed by atoms with van der Waals surface area (Å²) in [6.07, 6.45) is 7.13. The Hall–Kier alpha value is -2.30. The molecule has 1 aromatic carbocycles. The number of nitriles is 1.